The van der Waals surface area contributed by atoms with Gasteiger partial charge in [0.05, 0.1) is 0 Å². The molecule has 0 amide bonds. The molecule has 98 valence electrons. The average Bonchev–Trinajstić information content (AvgIpc) is 2.79. The Hall–Kier alpha value is -1.76. The van der Waals surface area contributed by atoms with E-state index in [1.54, 1.807) is 0 Å². The van der Waals surface area contributed by atoms with Gasteiger partial charge < -0.3 is 4.57 Å². The van der Waals surface area contributed by atoms with Crippen LogP contribution in [0.5, 0.6) is 0 Å². The van der Waals surface area contributed by atoms with E-state index in [-0.39, 0.29) is 0 Å². The third-order valence-electron chi connectivity index (χ3n) is 4.03. The van der Waals surface area contributed by atoms with Crippen molar-refractivity contribution in [1.29, 1.82) is 0 Å². The normalized spacial score (nSPS) is 13.2. The van der Waals surface area contributed by atoms with E-state index in [0.717, 1.165) is 0 Å². The zero-order valence-electron chi connectivity index (χ0n) is 11.8. The van der Waals surface area contributed by atoms with Crippen molar-refractivity contribution in [2.45, 2.75) is 39.2 Å². The second-order valence-corrected chi connectivity index (χ2v) is 5.40. The quantitative estimate of drug-likeness (QED) is 0.573. The minimum Gasteiger partial charge on any atom is -0.338 e. The molecule has 19 heavy (non-hydrogen) atoms. The smallest absolute Gasteiger partial charge is 0.0493 e. The van der Waals surface area contributed by atoms with Crippen LogP contribution in [0.25, 0.3) is 21.8 Å². The predicted octanol–water partition coefficient (Wildman–Crippen LogP) is 5.55. The molecule has 0 radical (unpaired) electrons. The first-order valence-corrected chi connectivity index (χ1v) is 7.30. The van der Waals surface area contributed by atoms with Crippen LogP contribution < -0.4 is 0 Å². The summed E-state index contributed by atoms with van der Waals surface area (Å²) in [6, 6.07) is 18.1. The highest BCUT2D eigenvalue weighted by molar-refractivity contribution is 6.08. The molecule has 1 heteroatoms. The minimum atomic E-state index is 0.560. The lowest BCUT2D eigenvalue weighted by atomic mass is 10.1. The molecule has 0 aliphatic heterocycles. The standard InChI is InChI=1S/C18H21N/c1-3-4-9-14(2)19-17-12-7-5-10-15(17)16-11-6-8-13-18(16)19/h5-8,10-14H,3-4,9H2,1-2H3. The van der Waals surface area contributed by atoms with Gasteiger partial charge in [0.1, 0.15) is 0 Å². The van der Waals surface area contributed by atoms with Crippen LogP contribution in [0, 0.1) is 0 Å². The summed E-state index contributed by atoms with van der Waals surface area (Å²) in [6.45, 7) is 4.60. The molecular weight excluding hydrogens is 230 g/mol. The molecule has 0 N–H and O–H groups in total. The third kappa shape index (κ3) is 2.03. The number of aromatic nitrogens is 1. The van der Waals surface area contributed by atoms with Crippen molar-refractivity contribution in [1.82, 2.24) is 4.57 Å². The van der Waals surface area contributed by atoms with Crippen LogP contribution in [-0.4, -0.2) is 4.57 Å². The summed E-state index contributed by atoms with van der Waals surface area (Å²) in [4.78, 5) is 0. The Balaban J connectivity index is 2.24. The largest absolute Gasteiger partial charge is 0.338 e. The summed E-state index contributed by atoms with van der Waals surface area (Å²) in [6.07, 6.45) is 3.81. The van der Waals surface area contributed by atoms with Gasteiger partial charge in [0, 0.05) is 27.8 Å². The van der Waals surface area contributed by atoms with Crippen molar-refractivity contribution >= 4 is 21.8 Å². The van der Waals surface area contributed by atoms with Gasteiger partial charge in [0.25, 0.3) is 0 Å². The fourth-order valence-corrected chi connectivity index (χ4v) is 3.06. The zero-order chi connectivity index (χ0) is 13.2. The van der Waals surface area contributed by atoms with Crippen molar-refractivity contribution in [3.05, 3.63) is 48.5 Å². The van der Waals surface area contributed by atoms with Crippen LogP contribution in [0.15, 0.2) is 48.5 Å². The highest BCUT2D eigenvalue weighted by atomic mass is 15.0. The monoisotopic (exact) mass is 251 g/mol. The van der Waals surface area contributed by atoms with Gasteiger partial charge in [-0.25, -0.2) is 0 Å². The fraction of sp³-hybridized carbons (Fsp3) is 0.333. The van der Waals surface area contributed by atoms with Crippen LogP contribution in [0.1, 0.15) is 39.2 Å². The van der Waals surface area contributed by atoms with E-state index in [2.05, 4.69) is 66.9 Å². The first-order valence-electron chi connectivity index (χ1n) is 7.30. The van der Waals surface area contributed by atoms with E-state index in [4.69, 9.17) is 0 Å². The SMILES string of the molecule is CCCCC(C)n1c2ccccc2c2ccccc21. The Kier molecular flexibility index (Phi) is 3.29. The van der Waals surface area contributed by atoms with Gasteiger partial charge in [0.2, 0.25) is 0 Å². The third-order valence-corrected chi connectivity index (χ3v) is 4.03. The number of rotatable bonds is 4. The van der Waals surface area contributed by atoms with Gasteiger partial charge >= 0.3 is 0 Å². The molecule has 2 aromatic carbocycles. The molecular formula is C18H21N. The van der Waals surface area contributed by atoms with Gasteiger partial charge in [-0.1, -0.05) is 56.2 Å². The van der Waals surface area contributed by atoms with E-state index in [0.29, 0.717) is 6.04 Å². The van der Waals surface area contributed by atoms with Crippen LogP contribution >= 0.6 is 0 Å². The summed E-state index contributed by atoms with van der Waals surface area (Å²) in [5.41, 5.74) is 2.74. The van der Waals surface area contributed by atoms with Crippen LogP contribution in [0.3, 0.4) is 0 Å². The lowest BCUT2D eigenvalue weighted by Crippen LogP contribution is -2.04. The number of unbranched alkanes of at least 4 members (excludes halogenated alkanes) is 1. The predicted molar refractivity (Wildman–Crippen MR) is 83.7 cm³/mol. The maximum atomic E-state index is 2.51. The summed E-state index contributed by atoms with van der Waals surface area (Å²) in [7, 11) is 0. The molecule has 0 aliphatic rings. The van der Waals surface area contributed by atoms with Crippen LogP contribution in [-0.2, 0) is 0 Å². The molecule has 1 aromatic heterocycles. The molecule has 0 saturated heterocycles. The number of para-hydroxylation sites is 2. The maximum Gasteiger partial charge on any atom is 0.0493 e. The van der Waals surface area contributed by atoms with Crippen molar-refractivity contribution in [3.8, 4) is 0 Å². The molecule has 0 fully saturated rings. The van der Waals surface area contributed by atoms with Crippen molar-refractivity contribution in [2.75, 3.05) is 0 Å². The maximum absolute atomic E-state index is 2.51. The summed E-state index contributed by atoms with van der Waals surface area (Å²) >= 11 is 0. The molecule has 1 nitrogen and oxygen atoms in total. The minimum absolute atomic E-state index is 0.560. The van der Waals surface area contributed by atoms with Gasteiger partial charge in [0.15, 0.2) is 0 Å². The number of fused-ring (bicyclic) bond motifs is 3. The Bertz CT molecular complexity index is 640. The molecule has 3 rings (SSSR count). The van der Waals surface area contributed by atoms with Crippen molar-refractivity contribution < 1.29 is 0 Å². The second-order valence-electron chi connectivity index (χ2n) is 5.40. The van der Waals surface area contributed by atoms with Crippen LogP contribution in [0.4, 0.5) is 0 Å². The van der Waals surface area contributed by atoms with E-state index in [1.807, 2.05) is 0 Å². The van der Waals surface area contributed by atoms with Gasteiger partial charge in [-0.2, -0.15) is 0 Å². The van der Waals surface area contributed by atoms with Gasteiger partial charge in [-0.3, -0.25) is 0 Å². The molecule has 0 spiro atoms. The number of hydrogen-bond donors (Lipinski definition) is 0. The molecule has 0 saturated carbocycles. The summed E-state index contributed by atoms with van der Waals surface area (Å²) in [5.74, 6) is 0. The Labute approximate surface area is 114 Å². The van der Waals surface area contributed by atoms with Gasteiger partial charge in [-0.15, -0.1) is 0 Å². The second kappa shape index (κ2) is 5.08. The highest BCUT2D eigenvalue weighted by Gasteiger charge is 2.13. The molecule has 3 aromatic rings. The molecule has 0 aliphatic carbocycles. The Morgan fingerprint density at radius 1 is 0.895 bits per heavy atom. The number of nitrogens with zero attached hydrogens (tertiary/aromatic N) is 1. The zero-order valence-corrected chi connectivity index (χ0v) is 11.8. The Morgan fingerprint density at radius 2 is 1.42 bits per heavy atom. The Morgan fingerprint density at radius 3 is 1.95 bits per heavy atom. The molecule has 1 heterocycles. The van der Waals surface area contributed by atoms with Crippen LogP contribution in [0.2, 0.25) is 0 Å². The average molecular weight is 251 g/mol. The summed E-state index contributed by atoms with van der Waals surface area (Å²) < 4.78 is 2.51. The lowest BCUT2D eigenvalue weighted by molar-refractivity contribution is 0.509. The molecule has 0 bridgehead atoms. The molecule has 1 unspecified atom stereocenters. The topological polar surface area (TPSA) is 4.93 Å². The molecule has 1 atom stereocenters. The van der Waals surface area contributed by atoms with E-state index >= 15 is 0 Å². The van der Waals surface area contributed by atoms with Crippen molar-refractivity contribution in [3.63, 3.8) is 0 Å². The highest BCUT2D eigenvalue weighted by Crippen LogP contribution is 2.32. The summed E-state index contributed by atoms with van der Waals surface area (Å²) in [5, 5.41) is 2.75. The van der Waals surface area contributed by atoms with E-state index in [1.165, 1.54) is 41.1 Å². The number of hydrogen-bond acceptors (Lipinski definition) is 0. The number of benzene rings is 2. The first-order chi connectivity index (χ1) is 9.33. The van der Waals surface area contributed by atoms with E-state index in [9.17, 15) is 0 Å². The van der Waals surface area contributed by atoms with Gasteiger partial charge in [-0.05, 0) is 25.5 Å². The first kappa shape index (κ1) is 12.3. The van der Waals surface area contributed by atoms with E-state index < -0.39 is 0 Å². The lowest BCUT2D eigenvalue weighted by Gasteiger charge is -2.16. The fourth-order valence-electron chi connectivity index (χ4n) is 3.06. The van der Waals surface area contributed by atoms with Crippen molar-refractivity contribution in [2.24, 2.45) is 0 Å².